The van der Waals surface area contributed by atoms with E-state index >= 15 is 0 Å². The number of carbonyl (C=O) groups excluding carboxylic acids is 1. The first kappa shape index (κ1) is 7.80. The molecule has 0 aromatic rings. The number of hydrogen-bond donors (Lipinski definition) is 0. The van der Waals surface area contributed by atoms with Gasteiger partial charge in [0.1, 0.15) is 5.41 Å². The van der Waals surface area contributed by atoms with Crippen LogP contribution in [0.5, 0.6) is 0 Å². The lowest BCUT2D eigenvalue weighted by atomic mass is 9.65. The topological polar surface area (TPSA) is 35.5 Å². The fraction of sp³-hybridized carbons (Fsp3) is 0.900. The van der Waals surface area contributed by atoms with Crippen molar-refractivity contribution in [3.8, 4) is 0 Å². The van der Waals surface area contributed by atoms with Gasteiger partial charge in [-0.2, -0.15) is 0 Å². The number of ether oxygens (including phenoxy) is 2. The summed E-state index contributed by atoms with van der Waals surface area (Å²) >= 11 is 0. The Labute approximate surface area is 77.4 Å². The molecule has 0 N–H and O–H groups in total. The van der Waals surface area contributed by atoms with E-state index in [0.717, 1.165) is 12.8 Å². The third-order valence-electron chi connectivity index (χ3n) is 4.27. The molecular formula is C10H14O3. The second kappa shape index (κ2) is 1.92. The molecule has 3 rings (SSSR count). The van der Waals surface area contributed by atoms with Crippen LogP contribution in [-0.2, 0) is 14.3 Å². The SMILES string of the molecule is C[C@@]12C(=O)OC[C@@H]1[C@]1(C)CC[C@@H]2O1. The highest BCUT2D eigenvalue weighted by Crippen LogP contribution is 2.60. The molecule has 72 valence electrons. The molecule has 0 unspecified atom stereocenters. The lowest BCUT2D eigenvalue weighted by Gasteiger charge is -2.31. The van der Waals surface area contributed by atoms with E-state index in [-0.39, 0.29) is 29.0 Å². The summed E-state index contributed by atoms with van der Waals surface area (Å²) in [4.78, 5) is 11.6. The molecule has 0 amide bonds. The Hall–Kier alpha value is -0.570. The average molecular weight is 182 g/mol. The van der Waals surface area contributed by atoms with Gasteiger partial charge in [0, 0.05) is 5.92 Å². The minimum atomic E-state index is -0.340. The first-order valence-electron chi connectivity index (χ1n) is 4.92. The molecule has 3 saturated heterocycles. The van der Waals surface area contributed by atoms with Gasteiger partial charge < -0.3 is 9.47 Å². The van der Waals surface area contributed by atoms with Gasteiger partial charge in [-0.3, -0.25) is 4.79 Å². The molecule has 4 atom stereocenters. The number of esters is 1. The van der Waals surface area contributed by atoms with Crippen LogP contribution in [0.15, 0.2) is 0 Å². The van der Waals surface area contributed by atoms with Crippen molar-refractivity contribution < 1.29 is 14.3 Å². The number of cyclic esters (lactones) is 1. The molecular weight excluding hydrogens is 168 g/mol. The Morgan fingerprint density at radius 2 is 2.23 bits per heavy atom. The van der Waals surface area contributed by atoms with Crippen LogP contribution in [0.2, 0.25) is 0 Å². The molecule has 3 nitrogen and oxygen atoms in total. The summed E-state index contributed by atoms with van der Waals surface area (Å²) in [6.07, 6.45) is 2.20. The highest BCUT2D eigenvalue weighted by molar-refractivity contribution is 5.80. The summed E-state index contributed by atoms with van der Waals surface area (Å²) in [5.74, 6) is 0.233. The summed E-state index contributed by atoms with van der Waals surface area (Å²) in [6, 6.07) is 0. The first-order chi connectivity index (χ1) is 6.07. The van der Waals surface area contributed by atoms with Crippen LogP contribution in [0.3, 0.4) is 0 Å². The van der Waals surface area contributed by atoms with Gasteiger partial charge in [0.25, 0.3) is 0 Å². The van der Waals surface area contributed by atoms with Crippen LogP contribution in [0.1, 0.15) is 26.7 Å². The van der Waals surface area contributed by atoms with E-state index in [1.807, 2.05) is 6.92 Å². The highest BCUT2D eigenvalue weighted by Gasteiger charge is 2.70. The zero-order valence-electron chi connectivity index (χ0n) is 8.00. The molecule has 0 aliphatic carbocycles. The normalized spacial score (nSPS) is 58.2. The lowest BCUT2D eigenvalue weighted by molar-refractivity contribution is -0.149. The van der Waals surface area contributed by atoms with Crippen LogP contribution in [0.25, 0.3) is 0 Å². The largest absolute Gasteiger partial charge is 0.465 e. The second-order valence-corrected chi connectivity index (χ2v) is 4.89. The molecule has 3 aliphatic rings. The molecule has 0 saturated carbocycles. The summed E-state index contributed by atoms with van der Waals surface area (Å²) in [5.41, 5.74) is -0.432. The summed E-state index contributed by atoms with van der Waals surface area (Å²) in [5, 5.41) is 0. The van der Waals surface area contributed by atoms with E-state index in [0.29, 0.717) is 6.61 Å². The Morgan fingerprint density at radius 3 is 2.92 bits per heavy atom. The molecule has 0 spiro atoms. The Morgan fingerprint density at radius 1 is 1.46 bits per heavy atom. The average Bonchev–Trinajstić information content (AvgIpc) is 2.63. The van der Waals surface area contributed by atoms with Crippen LogP contribution in [-0.4, -0.2) is 24.3 Å². The van der Waals surface area contributed by atoms with Gasteiger partial charge in [-0.25, -0.2) is 0 Å². The third kappa shape index (κ3) is 0.654. The summed E-state index contributed by atoms with van der Waals surface area (Å²) in [6.45, 7) is 4.68. The van der Waals surface area contributed by atoms with Crippen LogP contribution in [0.4, 0.5) is 0 Å². The van der Waals surface area contributed by atoms with E-state index in [1.165, 1.54) is 0 Å². The standard InChI is InChI=1S/C10H14O3/c1-9-4-3-7(13-9)10(2)6(9)5-12-8(10)11/h6-7H,3-5H2,1-2H3/t6-,7+,9+,10-/m1/s1. The molecule has 3 heterocycles. The Bertz CT molecular complexity index is 288. The van der Waals surface area contributed by atoms with Gasteiger partial charge in [0.15, 0.2) is 0 Å². The smallest absolute Gasteiger partial charge is 0.314 e. The van der Waals surface area contributed by atoms with Crippen molar-refractivity contribution in [2.24, 2.45) is 11.3 Å². The van der Waals surface area contributed by atoms with Gasteiger partial charge in [0.2, 0.25) is 0 Å². The monoisotopic (exact) mass is 182 g/mol. The van der Waals surface area contributed by atoms with Crippen molar-refractivity contribution in [3.05, 3.63) is 0 Å². The van der Waals surface area contributed by atoms with Gasteiger partial charge in [-0.15, -0.1) is 0 Å². The molecule has 0 radical (unpaired) electrons. The maximum atomic E-state index is 11.6. The van der Waals surface area contributed by atoms with Crippen LogP contribution >= 0.6 is 0 Å². The zero-order chi connectivity index (χ0) is 9.27. The number of rotatable bonds is 0. The van der Waals surface area contributed by atoms with E-state index < -0.39 is 0 Å². The first-order valence-corrected chi connectivity index (χ1v) is 4.92. The van der Waals surface area contributed by atoms with Crippen molar-refractivity contribution in [1.82, 2.24) is 0 Å². The fourth-order valence-electron chi connectivity index (χ4n) is 3.34. The van der Waals surface area contributed by atoms with Crippen molar-refractivity contribution in [2.75, 3.05) is 6.61 Å². The second-order valence-electron chi connectivity index (χ2n) is 4.89. The van der Waals surface area contributed by atoms with E-state index in [4.69, 9.17) is 9.47 Å². The van der Waals surface area contributed by atoms with Crippen molar-refractivity contribution in [2.45, 2.75) is 38.4 Å². The Balaban J connectivity index is 2.10. The predicted octanol–water partition coefficient (Wildman–Crippen LogP) is 1.12. The molecule has 3 heteroatoms. The molecule has 13 heavy (non-hydrogen) atoms. The fourth-order valence-corrected chi connectivity index (χ4v) is 3.34. The van der Waals surface area contributed by atoms with Gasteiger partial charge >= 0.3 is 5.97 Å². The quantitative estimate of drug-likeness (QED) is 0.526. The minimum Gasteiger partial charge on any atom is -0.465 e. The number of fused-ring (bicyclic) bond motifs is 5. The molecule has 0 aromatic carbocycles. The number of carbonyl (C=O) groups is 1. The van der Waals surface area contributed by atoms with Crippen LogP contribution in [0, 0.1) is 11.3 Å². The van der Waals surface area contributed by atoms with Crippen molar-refractivity contribution >= 4 is 5.97 Å². The molecule has 3 aliphatic heterocycles. The summed E-state index contributed by atoms with van der Waals surface area (Å²) < 4.78 is 11.0. The lowest BCUT2D eigenvalue weighted by Crippen LogP contribution is -2.43. The maximum absolute atomic E-state index is 11.6. The van der Waals surface area contributed by atoms with E-state index in [9.17, 15) is 4.79 Å². The van der Waals surface area contributed by atoms with E-state index in [2.05, 4.69) is 6.92 Å². The third-order valence-corrected chi connectivity index (χ3v) is 4.27. The zero-order valence-corrected chi connectivity index (χ0v) is 8.00. The van der Waals surface area contributed by atoms with Gasteiger partial charge in [0.05, 0.1) is 18.3 Å². The van der Waals surface area contributed by atoms with Gasteiger partial charge in [-0.05, 0) is 26.7 Å². The highest BCUT2D eigenvalue weighted by atomic mass is 16.6. The molecule has 2 bridgehead atoms. The minimum absolute atomic E-state index is 0.0501. The van der Waals surface area contributed by atoms with Crippen molar-refractivity contribution in [1.29, 1.82) is 0 Å². The Kier molecular flexibility index (Phi) is 1.15. The molecule has 3 fully saturated rings. The van der Waals surface area contributed by atoms with Crippen molar-refractivity contribution in [3.63, 3.8) is 0 Å². The summed E-state index contributed by atoms with van der Waals surface area (Å²) in [7, 11) is 0. The van der Waals surface area contributed by atoms with E-state index in [1.54, 1.807) is 0 Å². The predicted molar refractivity (Wildman–Crippen MR) is 45.1 cm³/mol. The van der Waals surface area contributed by atoms with Crippen LogP contribution < -0.4 is 0 Å². The van der Waals surface area contributed by atoms with Gasteiger partial charge in [-0.1, -0.05) is 0 Å². The number of hydrogen-bond acceptors (Lipinski definition) is 3. The maximum Gasteiger partial charge on any atom is 0.314 e. The molecule has 0 aromatic heterocycles.